The highest BCUT2D eigenvalue weighted by molar-refractivity contribution is 6.69. The SMILES string of the molecule is CC(C)C1CC1[C@@H](C)[C@H]1CC[C@H]2[C@@H]3CC=C4C[C@@H](O[Si](C)(C)C)CC[C@]4(C)[C@H]3CC[C@]12C. The Bertz CT molecular complexity index is 748. The highest BCUT2D eigenvalue weighted by Gasteiger charge is 2.61. The molecule has 5 aliphatic carbocycles. The van der Waals surface area contributed by atoms with E-state index in [9.17, 15) is 0 Å². The topological polar surface area (TPSA) is 9.23 Å². The van der Waals surface area contributed by atoms with Gasteiger partial charge in [-0.1, -0.05) is 46.3 Å². The molecule has 182 valence electrons. The van der Waals surface area contributed by atoms with Gasteiger partial charge in [0, 0.05) is 6.10 Å². The molecular weight excluding hydrogens is 404 g/mol. The Morgan fingerprint density at radius 2 is 1.69 bits per heavy atom. The summed E-state index contributed by atoms with van der Waals surface area (Å²) in [7, 11) is -1.45. The molecule has 0 aromatic rings. The second kappa shape index (κ2) is 7.97. The molecule has 0 N–H and O–H groups in total. The third-order valence-electron chi connectivity index (χ3n) is 11.7. The van der Waals surface area contributed by atoms with E-state index in [2.05, 4.69) is 60.3 Å². The molecule has 0 radical (unpaired) electrons. The molecular formula is C30H52OSi. The fraction of sp³-hybridized carbons (Fsp3) is 0.933. The van der Waals surface area contributed by atoms with Crippen LogP contribution in [0, 0.1) is 58.2 Å². The summed E-state index contributed by atoms with van der Waals surface area (Å²) in [6.07, 6.45) is 16.0. The van der Waals surface area contributed by atoms with Crippen LogP contribution in [0.1, 0.15) is 92.4 Å². The zero-order chi connectivity index (χ0) is 23.1. The smallest absolute Gasteiger partial charge is 0.184 e. The Morgan fingerprint density at radius 1 is 0.938 bits per heavy atom. The van der Waals surface area contributed by atoms with Crippen LogP contribution in [0.4, 0.5) is 0 Å². The van der Waals surface area contributed by atoms with Crippen molar-refractivity contribution in [3.8, 4) is 0 Å². The molecule has 1 nitrogen and oxygen atoms in total. The maximum atomic E-state index is 6.59. The van der Waals surface area contributed by atoms with E-state index in [-0.39, 0.29) is 0 Å². The number of rotatable bonds is 5. The Kier molecular flexibility index (Phi) is 5.89. The maximum Gasteiger partial charge on any atom is 0.184 e. The molecule has 0 bridgehead atoms. The normalized spacial score (nSPS) is 49.2. The van der Waals surface area contributed by atoms with E-state index in [0.717, 1.165) is 47.3 Å². The first-order valence-electron chi connectivity index (χ1n) is 14.3. The van der Waals surface area contributed by atoms with Crippen molar-refractivity contribution in [3.05, 3.63) is 11.6 Å². The monoisotopic (exact) mass is 456 g/mol. The lowest BCUT2D eigenvalue weighted by molar-refractivity contribution is -0.0575. The molecule has 0 aromatic carbocycles. The minimum absolute atomic E-state index is 0.465. The summed E-state index contributed by atoms with van der Waals surface area (Å²) in [6.45, 7) is 20.0. The zero-order valence-corrected chi connectivity index (χ0v) is 23.5. The lowest BCUT2D eigenvalue weighted by atomic mass is 9.47. The van der Waals surface area contributed by atoms with Crippen molar-refractivity contribution in [2.24, 2.45) is 58.2 Å². The van der Waals surface area contributed by atoms with E-state index >= 15 is 0 Å². The maximum absolute atomic E-state index is 6.59. The predicted molar refractivity (Wildman–Crippen MR) is 139 cm³/mol. The third kappa shape index (κ3) is 3.82. The Balaban J connectivity index is 1.32. The van der Waals surface area contributed by atoms with Gasteiger partial charge in [-0.05, 0) is 136 Å². The van der Waals surface area contributed by atoms with Crippen molar-refractivity contribution >= 4 is 8.32 Å². The van der Waals surface area contributed by atoms with Gasteiger partial charge >= 0.3 is 0 Å². The van der Waals surface area contributed by atoms with Crippen LogP contribution in [0.2, 0.25) is 19.6 Å². The average Bonchev–Trinajstić information content (AvgIpc) is 3.42. The van der Waals surface area contributed by atoms with Gasteiger partial charge in [-0.3, -0.25) is 0 Å². The van der Waals surface area contributed by atoms with Crippen LogP contribution in [-0.2, 0) is 4.43 Å². The molecule has 0 aliphatic heterocycles. The highest BCUT2D eigenvalue weighted by atomic mass is 28.4. The highest BCUT2D eigenvalue weighted by Crippen LogP contribution is 2.69. The summed E-state index contributed by atoms with van der Waals surface area (Å²) in [5.74, 6) is 7.76. The Hall–Kier alpha value is -0.0831. The van der Waals surface area contributed by atoms with E-state index in [1.165, 1.54) is 57.8 Å². The molecule has 10 atom stereocenters. The second-order valence-corrected chi connectivity index (χ2v) is 19.2. The number of hydrogen-bond acceptors (Lipinski definition) is 1. The number of fused-ring (bicyclic) bond motifs is 5. The van der Waals surface area contributed by atoms with Crippen molar-refractivity contribution < 1.29 is 4.43 Å². The van der Waals surface area contributed by atoms with Gasteiger partial charge in [-0.15, -0.1) is 0 Å². The summed E-state index contributed by atoms with van der Waals surface area (Å²) in [4.78, 5) is 0. The quantitative estimate of drug-likeness (QED) is 0.297. The first kappa shape index (κ1) is 23.6. The van der Waals surface area contributed by atoms with Gasteiger partial charge < -0.3 is 4.43 Å². The van der Waals surface area contributed by atoms with Crippen LogP contribution in [0.3, 0.4) is 0 Å². The van der Waals surface area contributed by atoms with E-state index in [1.54, 1.807) is 5.57 Å². The summed E-state index contributed by atoms with van der Waals surface area (Å²) in [5, 5.41) is 0. The first-order chi connectivity index (χ1) is 14.9. The molecule has 0 saturated heterocycles. The van der Waals surface area contributed by atoms with Gasteiger partial charge in [0.1, 0.15) is 0 Å². The predicted octanol–water partition coefficient (Wildman–Crippen LogP) is 8.71. The molecule has 2 unspecified atom stereocenters. The van der Waals surface area contributed by atoms with Crippen molar-refractivity contribution in [1.82, 2.24) is 0 Å². The van der Waals surface area contributed by atoms with Gasteiger partial charge in [-0.25, -0.2) is 0 Å². The molecule has 0 aromatic heterocycles. The Morgan fingerprint density at radius 3 is 2.34 bits per heavy atom. The third-order valence-corrected chi connectivity index (χ3v) is 12.8. The second-order valence-electron chi connectivity index (χ2n) is 14.7. The number of hydrogen-bond donors (Lipinski definition) is 0. The van der Waals surface area contributed by atoms with E-state index in [4.69, 9.17) is 4.43 Å². The average molecular weight is 457 g/mol. The van der Waals surface area contributed by atoms with Crippen LogP contribution in [0.5, 0.6) is 0 Å². The van der Waals surface area contributed by atoms with Crippen LogP contribution in [0.15, 0.2) is 11.6 Å². The van der Waals surface area contributed by atoms with Crippen molar-refractivity contribution in [2.75, 3.05) is 0 Å². The Labute approximate surface area is 200 Å². The molecule has 5 rings (SSSR count). The molecule has 2 heteroatoms. The minimum atomic E-state index is -1.45. The van der Waals surface area contributed by atoms with E-state index in [1.807, 2.05) is 0 Å². The summed E-state index contributed by atoms with van der Waals surface area (Å²) in [6, 6.07) is 0. The fourth-order valence-corrected chi connectivity index (χ4v) is 11.2. The van der Waals surface area contributed by atoms with Crippen LogP contribution in [0.25, 0.3) is 0 Å². The van der Waals surface area contributed by atoms with Crippen molar-refractivity contribution in [3.63, 3.8) is 0 Å². The van der Waals surface area contributed by atoms with Gasteiger partial charge in [0.2, 0.25) is 0 Å². The van der Waals surface area contributed by atoms with Gasteiger partial charge in [0.25, 0.3) is 0 Å². The van der Waals surface area contributed by atoms with E-state index in [0.29, 0.717) is 16.9 Å². The molecule has 0 spiro atoms. The molecule has 4 saturated carbocycles. The molecule has 32 heavy (non-hydrogen) atoms. The molecule has 4 fully saturated rings. The molecule has 5 aliphatic rings. The summed E-state index contributed by atoms with van der Waals surface area (Å²) >= 11 is 0. The van der Waals surface area contributed by atoms with Crippen LogP contribution >= 0.6 is 0 Å². The first-order valence-corrected chi connectivity index (χ1v) is 17.7. The summed E-state index contributed by atoms with van der Waals surface area (Å²) < 4.78 is 6.59. The molecule has 0 amide bonds. The van der Waals surface area contributed by atoms with E-state index < -0.39 is 8.32 Å². The van der Waals surface area contributed by atoms with Gasteiger partial charge in [0.05, 0.1) is 0 Å². The lowest BCUT2D eigenvalue weighted by Gasteiger charge is -2.58. The van der Waals surface area contributed by atoms with Crippen LogP contribution < -0.4 is 0 Å². The zero-order valence-electron chi connectivity index (χ0n) is 22.5. The molecule has 0 heterocycles. The van der Waals surface area contributed by atoms with Gasteiger partial charge in [0.15, 0.2) is 8.32 Å². The largest absolute Gasteiger partial charge is 0.414 e. The summed E-state index contributed by atoms with van der Waals surface area (Å²) in [5.41, 5.74) is 2.87. The van der Waals surface area contributed by atoms with Gasteiger partial charge in [-0.2, -0.15) is 0 Å². The number of allylic oxidation sites excluding steroid dienone is 1. The minimum Gasteiger partial charge on any atom is -0.414 e. The standard InChI is InChI=1S/C30H52OSi/c1-19(2)24-18-25(24)20(3)26-11-12-27-23-10-9-21-17-22(31-32(6,7)8)13-15-29(21,4)28(23)14-16-30(26,27)5/h9,19-20,22-28H,10-18H2,1-8H3/t20-,22+,23+,24?,25?,26-,27+,28+,29+,30-/m1/s1. The lowest BCUT2D eigenvalue weighted by Crippen LogP contribution is -2.51. The van der Waals surface area contributed by atoms with Crippen LogP contribution in [-0.4, -0.2) is 14.4 Å². The fourth-order valence-electron chi connectivity index (χ4n) is 10.0. The van der Waals surface area contributed by atoms with Crippen molar-refractivity contribution in [2.45, 2.75) is 118 Å². The van der Waals surface area contributed by atoms with Crippen molar-refractivity contribution in [1.29, 1.82) is 0 Å².